The zero-order valence-corrected chi connectivity index (χ0v) is 18.4. The predicted molar refractivity (Wildman–Crippen MR) is 122 cm³/mol. The van der Waals surface area contributed by atoms with Gasteiger partial charge in [-0.15, -0.1) is 24.2 Å². The van der Waals surface area contributed by atoms with Crippen molar-refractivity contribution < 1.29 is 9.59 Å². The fourth-order valence-corrected chi connectivity index (χ4v) is 4.06. The molecule has 8 heteroatoms. The van der Waals surface area contributed by atoms with Crippen LogP contribution in [0.4, 0.5) is 5.69 Å². The lowest BCUT2D eigenvalue weighted by Crippen LogP contribution is -2.44. The van der Waals surface area contributed by atoms with E-state index >= 15 is 0 Å². The van der Waals surface area contributed by atoms with E-state index in [1.807, 2.05) is 18.2 Å². The van der Waals surface area contributed by atoms with E-state index < -0.39 is 6.04 Å². The van der Waals surface area contributed by atoms with Crippen LogP contribution >= 0.6 is 24.2 Å². The van der Waals surface area contributed by atoms with Crippen molar-refractivity contribution in [1.29, 1.82) is 5.26 Å². The summed E-state index contributed by atoms with van der Waals surface area (Å²) in [6.45, 7) is 3.02. The largest absolute Gasteiger partial charge is 0.352 e. The maximum absolute atomic E-state index is 13.0. The Bertz CT molecular complexity index is 943. The number of unbranched alkanes of at least 4 members (excludes halogenated alkanes) is 1. The molecule has 1 aliphatic heterocycles. The molecule has 6 nitrogen and oxygen atoms in total. The van der Waals surface area contributed by atoms with E-state index in [2.05, 4.69) is 18.3 Å². The third-order valence-corrected chi connectivity index (χ3v) is 5.94. The number of fused-ring (bicyclic) bond motifs is 1. The van der Waals surface area contributed by atoms with Crippen molar-refractivity contribution in [2.45, 2.75) is 37.2 Å². The summed E-state index contributed by atoms with van der Waals surface area (Å²) in [5, 5.41) is 11.9. The van der Waals surface area contributed by atoms with Crippen LogP contribution in [0.15, 0.2) is 47.4 Å². The van der Waals surface area contributed by atoms with E-state index in [1.54, 1.807) is 29.2 Å². The van der Waals surface area contributed by atoms with Crippen molar-refractivity contribution in [2.75, 3.05) is 17.2 Å². The lowest BCUT2D eigenvalue weighted by atomic mass is 10.1. The Morgan fingerprint density at radius 1 is 1.30 bits per heavy atom. The monoisotopic (exact) mass is 444 g/mol. The predicted octanol–water partition coefficient (Wildman–Crippen LogP) is 3.48. The summed E-state index contributed by atoms with van der Waals surface area (Å²) in [6, 6.07) is 14.0. The highest BCUT2D eigenvalue weighted by molar-refractivity contribution is 7.99. The van der Waals surface area contributed by atoms with Gasteiger partial charge < -0.3 is 16.0 Å². The number of carbonyl (C=O) groups excluding carboxylic acids is 2. The molecule has 0 fully saturated rings. The third kappa shape index (κ3) is 5.54. The van der Waals surface area contributed by atoms with Gasteiger partial charge in [0.25, 0.3) is 5.91 Å². The Morgan fingerprint density at radius 3 is 2.70 bits per heavy atom. The molecule has 0 saturated heterocycles. The molecular weight excluding hydrogens is 420 g/mol. The highest BCUT2D eigenvalue weighted by atomic mass is 35.5. The molecule has 1 heterocycles. The average Bonchev–Trinajstić information content (AvgIpc) is 2.86. The molecular formula is C22H25ClN4O2S. The fraction of sp³-hybridized carbons (Fsp3) is 0.318. The molecule has 0 bridgehead atoms. The van der Waals surface area contributed by atoms with Gasteiger partial charge in [0, 0.05) is 22.8 Å². The maximum Gasteiger partial charge on any atom is 0.251 e. The SMILES string of the molecule is CCCCNC(=O)c1ccc2c(c1)N(Cc1ccc(C#N)cc1)C(=O)[C@@H](N)CS2.Cl. The number of amides is 2. The zero-order chi connectivity index (χ0) is 20.8. The van der Waals surface area contributed by atoms with E-state index in [0.29, 0.717) is 35.7 Å². The van der Waals surface area contributed by atoms with E-state index in [1.165, 1.54) is 11.8 Å². The van der Waals surface area contributed by atoms with Crippen molar-refractivity contribution in [2.24, 2.45) is 5.73 Å². The molecule has 0 saturated carbocycles. The van der Waals surface area contributed by atoms with E-state index in [4.69, 9.17) is 11.0 Å². The van der Waals surface area contributed by atoms with Crippen molar-refractivity contribution in [3.05, 3.63) is 59.2 Å². The summed E-state index contributed by atoms with van der Waals surface area (Å²) in [7, 11) is 0. The van der Waals surface area contributed by atoms with Crippen molar-refractivity contribution in [1.82, 2.24) is 5.32 Å². The summed E-state index contributed by atoms with van der Waals surface area (Å²) in [4.78, 5) is 28.0. The smallest absolute Gasteiger partial charge is 0.251 e. The van der Waals surface area contributed by atoms with Crippen molar-refractivity contribution in [3.63, 3.8) is 0 Å². The second-order valence-corrected chi connectivity index (χ2v) is 8.00. The number of hydrogen-bond donors (Lipinski definition) is 2. The molecule has 3 rings (SSSR count). The zero-order valence-electron chi connectivity index (χ0n) is 16.8. The number of nitrogens with one attached hydrogen (secondary N) is 1. The maximum atomic E-state index is 13.0. The summed E-state index contributed by atoms with van der Waals surface area (Å²) >= 11 is 1.52. The summed E-state index contributed by atoms with van der Waals surface area (Å²) < 4.78 is 0. The number of thioether (sulfide) groups is 1. The molecule has 0 aromatic heterocycles. The van der Waals surface area contributed by atoms with Crippen LogP contribution in [0.25, 0.3) is 0 Å². The number of benzene rings is 2. The second-order valence-electron chi connectivity index (χ2n) is 6.94. The third-order valence-electron chi connectivity index (χ3n) is 4.75. The molecule has 1 atom stereocenters. The van der Waals surface area contributed by atoms with Crippen LogP contribution in [0.5, 0.6) is 0 Å². The van der Waals surface area contributed by atoms with E-state index in [9.17, 15) is 9.59 Å². The average molecular weight is 445 g/mol. The quantitative estimate of drug-likeness (QED) is 0.664. The van der Waals surface area contributed by atoms with Crippen LogP contribution in [0.1, 0.15) is 41.3 Å². The van der Waals surface area contributed by atoms with E-state index in [-0.39, 0.29) is 24.2 Å². The van der Waals surface area contributed by atoms with Gasteiger partial charge in [-0.25, -0.2) is 0 Å². The van der Waals surface area contributed by atoms with Crippen LogP contribution in [0.3, 0.4) is 0 Å². The number of nitriles is 1. The molecule has 0 radical (unpaired) electrons. The normalized spacial score (nSPS) is 15.4. The highest BCUT2D eigenvalue weighted by Gasteiger charge is 2.29. The van der Waals surface area contributed by atoms with Crippen LogP contribution < -0.4 is 16.0 Å². The lowest BCUT2D eigenvalue weighted by Gasteiger charge is -2.25. The Hall–Kier alpha value is -2.53. The van der Waals surface area contributed by atoms with Gasteiger partial charge in [-0.2, -0.15) is 5.26 Å². The van der Waals surface area contributed by atoms with Gasteiger partial charge in [0.2, 0.25) is 5.91 Å². The number of halogens is 1. The molecule has 2 aromatic rings. The minimum absolute atomic E-state index is 0. The van der Waals surface area contributed by atoms with Gasteiger partial charge in [-0.3, -0.25) is 9.59 Å². The first-order valence-electron chi connectivity index (χ1n) is 9.64. The molecule has 2 aromatic carbocycles. The standard InChI is InChI=1S/C22H24N4O2S.ClH/c1-2-3-10-25-21(27)17-8-9-20-19(11-17)26(22(28)18(24)14-29-20)13-16-6-4-15(12-23)5-7-16;/h4-9,11,18H,2-3,10,13-14,24H2,1H3,(H,25,27);1H/t18-;/m0./s1. The minimum Gasteiger partial charge on any atom is -0.352 e. The first-order chi connectivity index (χ1) is 14.0. The van der Waals surface area contributed by atoms with Crippen LogP contribution in [-0.4, -0.2) is 30.2 Å². The molecule has 3 N–H and O–H groups in total. The molecule has 0 unspecified atom stereocenters. The number of rotatable bonds is 6. The second kappa shape index (κ2) is 11.0. The summed E-state index contributed by atoms with van der Waals surface area (Å²) in [6.07, 6.45) is 1.93. The number of nitrogens with two attached hydrogens (primary N) is 1. The van der Waals surface area contributed by atoms with Gasteiger partial charge >= 0.3 is 0 Å². The number of carbonyl (C=O) groups is 2. The molecule has 158 valence electrons. The molecule has 2 amide bonds. The number of hydrogen-bond acceptors (Lipinski definition) is 5. The number of nitrogens with zero attached hydrogens (tertiary/aromatic N) is 2. The van der Waals surface area contributed by atoms with Gasteiger partial charge in [0.1, 0.15) is 0 Å². The van der Waals surface area contributed by atoms with Gasteiger partial charge in [0.05, 0.1) is 29.9 Å². The molecule has 0 spiro atoms. The summed E-state index contributed by atoms with van der Waals surface area (Å²) in [5.41, 5.74) is 8.76. The Balaban J connectivity index is 0.00000320. The Kier molecular flexibility index (Phi) is 8.72. The Morgan fingerprint density at radius 2 is 2.03 bits per heavy atom. The first kappa shape index (κ1) is 23.7. The highest BCUT2D eigenvalue weighted by Crippen LogP contribution is 2.35. The number of anilines is 1. The fourth-order valence-electron chi connectivity index (χ4n) is 3.07. The van der Waals surface area contributed by atoms with Gasteiger partial charge in [-0.05, 0) is 42.3 Å². The summed E-state index contributed by atoms with van der Waals surface area (Å²) in [5.74, 6) is 0.160. The molecule has 30 heavy (non-hydrogen) atoms. The first-order valence-corrected chi connectivity index (χ1v) is 10.6. The van der Waals surface area contributed by atoms with Crippen molar-refractivity contribution in [3.8, 4) is 6.07 Å². The van der Waals surface area contributed by atoms with Crippen LogP contribution in [0.2, 0.25) is 0 Å². The van der Waals surface area contributed by atoms with Crippen LogP contribution in [0, 0.1) is 11.3 Å². The van der Waals surface area contributed by atoms with Crippen molar-refractivity contribution >= 4 is 41.7 Å². The lowest BCUT2D eigenvalue weighted by molar-refractivity contribution is -0.119. The van der Waals surface area contributed by atoms with E-state index in [0.717, 1.165) is 23.3 Å². The topological polar surface area (TPSA) is 99.2 Å². The molecule has 0 aliphatic carbocycles. The van der Waals surface area contributed by atoms with Gasteiger partial charge in [-0.1, -0.05) is 25.5 Å². The Labute approximate surface area is 187 Å². The van der Waals surface area contributed by atoms with Gasteiger partial charge in [0.15, 0.2) is 0 Å². The molecule has 1 aliphatic rings. The minimum atomic E-state index is -0.618. The van der Waals surface area contributed by atoms with Crippen LogP contribution in [-0.2, 0) is 11.3 Å².